The minimum Gasteiger partial charge on any atom is -0.389 e. The molecule has 0 rings (SSSR count). The van der Waals surface area contributed by atoms with Gasteiger partial charge in [-0.1, -0.05) is 32.0 Å². The van der Waals surface area contributed by atoms with Gasteiger partial charge in [0.25, 0.3) is 0 Å². The second kappa shape index (κ2) is 8.24. The van der Waals surface area contributed by atoms with Crippen molar-refractivity contribution in [1.82, 2.24) is 5.32 Å². The molecule has 0 amide bonds. The summed E-state index contributed by atoms with van der Waals surface area (Å²) >= 11 is 5.54. The Morgan fingerprint density at radius 3 is 2.64 bits per heavy atom. The van der Waals surface area contributed by atoms with Gasteiger partial charge in [-0.05, 0) is 5.92 Å². The maximum Gasteiger partial charge on any atom is 0.0897 e. The average molecular weight is 222 g/mol. The third kappa shape index (κ3) is 9.99. The quantitative estimate of drug-likeness (QED) is 0.651. The van der Waals surface area contributed by atoms with Crippen molar-refractivity contribution in [3.63, 3.8) is 0 Å². The number of aliphatic hydroxyl groups excluding tert-OH is 1. The van der Waals surface area contributed by atoms with Gasteiger partial charge in [0.1, 0.15) is 0 Å². The first kappa shape index (κ1) is 13.9. The van der Waals surface area contributed by atoms with E-state index in [4.69, 9.17) is 16.3 Å². The van der Waals surface area contributed by atoms with Crippen molar-refractivity contribution in [3.05, 3.63) is 11.6 Å². The van der Waals surface area contributed by atoms with E-state index in [1.54, 1.807) is 0 Å². The molecule has 0 bridgehead atoms. The van der Waals surface area contributed by atoms with Crippen LogP contribution in [0.1, 0.15) is 13.8 Å². The molecular formula is C10H20ClNO2. The van der Waals surface area contributed by atoms with Crippen LogP contribution in [0.5, 0.6) is 0 Å². The van der Waals surface area contributed by atoms with E-state index in [1.807, 2.05) is 0 Å². The molecule has 0 aromatic heterocycles. The predicted octanol–water partition coefficient (Wildman–Crippen LogP) is 1.36. The van der Waals surface area contributed by atoms with Gasteiger partial charge in [-0.15, -0.1) is 0 Å². The van der Waals surface area contributed by atoms with Gasteiger partial charge in [0.2, 0.25) is 0 Å². The Kier molecular flexibility index (Phi) is 8.18. The number of ether oxygens (including phenoxy) is 1. The molecule has 0 heterocycles. The van der Waals surface area contributed by atoms with Crippen LogP contribution in [-0.2, 0) is 4.74 Å². The maximum absolute atomic E-state index is 9.41. The number of rotatable bonds is 8. The number of halogens is 1. The van der Waals surface area contributed by atoms with Crippen LogP contribution in [0.25, 0.3) is 0 Å². The van der Waals surface area contributed by atoms with Gasteiger partial charge >= 0.3 is 0 Å². The van der Waals surface area contributed by atoms with Gasteiger partial charge in [0.05, 0.1) is 12.7 Å². The molecule has 0 aliphatic rings. The van der Waals surface area contributed by atoms with Crippen molar-refractivity contribution in [2.45, 2.75) is 20.0 Å². The van der Waals surface area contributed by atoms with Crippen molar-refractivity contribution >= 4 is 11.6 Å². The first-order chi connectivity index (χ1) is 6.52. The summed E-state index contributed by atoms with van der Waals surface area (Å²) in [4.78, 5) is 0. The Balaban J connectivity index is 3.27. The predicted molar refractivity (Wildman–Crippen MR) is 59.5 cm³/mol. The van der Waals surface area contributed by atoms with Crippen LogP contribution >= 0.6 is 11.6 Å². The lowest BCUT2D eigenvalue weighted by molar-refractivity contribution is 0.0266. The maximum atomic E-state index is 9.41. The third-order valence-corrected chi connectivity index (χ3v) is 1.59. The standard InChI is InChI=1S/C10H20ClNO2/c1-8(2)6-14-7-10(13)5-12-4-9(3)11/h8,10,12-13H,3-7H2,1-2H3. The second-order valence-corrected chi connectivity index (χ2v) is 4.27. The molecule has 4 heteroatoms. The summed E-state index contributed by atoms with van der Waals surface area (Å²) in [6.07, 6.45) is -0.482. The van der Waals surface area contributed by atoms with E-state index in [1.165, 1.54) is 0 Å². The van der Waals surface area contributed by atoms with E-state index in [-0.39, 0.29) is 0 Å². The summed E-state index contributed by atoms with van der Waals surface area (Å²) in [6, 6.07) is 0. The van der Waals surface area contributed by atoms with Crippen molar-refractivity contribution in [2.75, 3.05) is 26.3 Å². The molecule has 0 aromatic carbocycles. The Hall–Kier alpha value is -0.0900. The highest BCUT2D eigenvalue weighted by molar-refractivity contribution is 6.29. The molecule has 2 N–H and O–H groups in total. The minimum absolute atomic E-state index is 0.361. The molecule has 14 heavy (non-hydrogen) atoms. The molecule has 1 atom stereocenters. The molecule has 0 saturated carbocycles. The molecule has 0 saturated heterocycles. The highest BCUT2D eigenvalue weighted by atomic mass is 35.5. The van der Waals surface area contributed by atoms with Crippen LogP contribution in [0, 0.1) is 5.92 Å². The van der Waals surface area contributed by atoms with Gasteiger partial charge in [-0.25, -0.2) is 0 Å². The van der Waals surface area contributed by atoms with E-state index >= 15 is 0 Å². The first-order valence-electron chi connectivity index (χ1n) is 4.82. The van der Waals surface area contributed by atoms with Crippen LogP contribution in [0.3, 0.4) is 0 Å². The fraction of sp³-hybridized carbons (Fsp3) is 0.800. The smallest absolute Gasteiger partial charge is 0.0897 e. The van der Waals surface area contributed by atoms with Gasteiger partial charge in [0.15, 0.2) is 0 Å². The number of aliphatic hydroxyl groups is 1. The topological polar surface area (TPSA) is 41.5 Å². The van der Waals surface area contributed by atoms with Crippen molar-refractivity contribution < 1.29 is 9.84 Å². The van der Waals surface area contributed by atoms with Gasteiger partial charge in [-0.2, -0.15) is 0 Å². The van der Waals surface area contributed by atoms with E-state index in [0.717, 1.165) is 0 Å². The fourth-order valence-corrected chi connectivity index (χ4v) is 0.968. The van der Waals surface area contributed by atoms with Crippen molar-refractivity contribution in [3.8, 4) is 0 Å². The lowest BCUT2D eigenvalue weighted by Gasteiger charge is -2.13. The summed E-state index contributed by atoms with van der Waals surface area (Å²) < 4.78 is 5.27. The molecule has 0 radical (unpaired) electrons. The third-order valence-electron chi connectivity index (χ3n) is 1.46. The van der Waals surface area contributed by atoms with Crippen LogP contribution in [0.4, 0.5) is 0 Å². The summed E-state index contributed by atoms with van der Waals surface area (Å²) in [5.41, 5.74) is 0. The van der Waals surface area contributed by atoms with E-state index in [2.05, 4.69) is 25.7 Å². The monoisotopic (exact) mass is 221 g/mol. The lowest BCUT2D eigenvalue weighted by atomic mass is 10.2. The van der Waals surface area contributed by atoms with Gasteiger partial charge < -0.3 is 15.2 Å². The molecule has 3 nitrogen and oxygen atoms in total. The molecule has 0 fully saturated rings. The molecule has 0 aliphatic heterocycles. The summed E-state index contributed by atoms with van der Waals surface area (Å²) in [5, 5.41) is 12.9. The van der Waals surface area contributed by atoms with Crippen molar-refractivity contribution in [1.29, 1.82) is 0 Å². The normalized spacial score (nSPS) is 13.2. The first-order valence-corrected chi connectivity index (χ1v) is 5.20. The van der Waals surface area contributed by atoms with E-state index in [9.17, 15) is 5.11 Å². The second-order valence-electron chi connectivity index (χ2n) is 3.73. The SMILES string of the molecule is C=C(Cl)CNCC(O)COCC(C)C. The zero-order valence-corrected chi connectivity index (χ0v) is 9.68. The highest BCUT2D eigenvalue weighted by Crippen LogP contribution is 1.95. The lowest BCUT2D eigenvalue weighted by Crippen LogP contribution is -2.31. The van der Waals surface area contributed by atoms with Crippen LogP contribution < -0.4 is 5.32 Å². The van der Waals surface area contributed by atoms with Crippen LogP contribution in [0.15, 0.2) is 11.6 Å². The van der Waals surface area contributed by atoms with E-state index < -0.39 is 6.10 Å². The summed E-state index contributed by atoms with van der Waals surface area (Å²) in [6.45, 7) is 9.70. The van der Waals surface area contributed by atoms with Crippen molar-refractivity contribution in [2.24, 2.45) is 5.92 Å². The zero-order chi connectivity index (χ0) is 11.0. The van der Waals surface area contributed by atoms with Gasteiger partial charge in [-0.3, -0.25) is 0 Å². The molecular weight excluding hydrogens is 202 g/mol. The highest BCUT2D eigenvalue weighted by Gasteiger charge is 2.04. The largest absolute Gasteiger partial charge is 0.389 e. The Morgan fingerprint density at radius 2 is 2.14 bits per heavy atom. The average Bonchev–Trinajstić information content (AvgIpc) is 2.02. The molecule has 84 valence electrons. The van der Waals surface area contributed by atoms with Crippen LogP contribution in [-0.4, -0.2) is 37.5 Å². The number of nitrogens with one attached hydrogen (secondary N) is 1. The van der Waals surface area contributed by atoms with Crippen LogP contribution in [0.2, 0.25) is 0 Å². The molecule has 0 aromatic rings. The number of hydrogen-bond donors (Lipinski definition) is 2. The molecule has 0 aliphatic carbocycles. The summed E-state index contributed by atoms with van der Waals surface area (Å²) in [5.74, 6) is 0.498. The number of hydrogen-bond acceptors (Lipinski definition) is 3. The minimum atomic E-state index is -0.482. The Morgan fingerprint density at radius 1 is 1.50 bits per heavy atom. The summed E-state index contributed by atoms with van der Waals surface area (Å²) in [7, 11) is 0. The van der Waals surface area contributed by atoms with Gasteiger partial charge in [0, 0.05) is 24.7 Å². The Labute approximate surface area is 91.1 Å². The zero-order valence-electron chi connectivity index (χ0n) is 8.92. The molecule has 1 unspecified atom stereocenters. The molecule has 0 spiro atoms. The Bertz CT molecular complexity index is 162. The fourth-order valence-electron chi connectivity index (χ4n) is 0.873. The van der Waals surface area contributed by atoms with E-state index in [0.29, 0.717) is 37.3 Å².